The van der Waals surface area contributed by atoms with Crippen LogP contribution in [0.2, 0.25) is 0 Å². The molecule has 1 aliphatic heterocycles. The minimum atomic E-state index is 0.709. The van der Waals surface area contributed by atoms with Crippen molar-refractivity contribution >= 4 is 16.5 Å². The molecule has 0 spiro atoms. The van der Waals surface area contributed by atoms with Crippen LogP contribution in [-0.4, -0.2) is 36.1 Å². The number of hydrogen-bond acceptors (Lipinski definition) is 2. The Kier molecular flexibility index (Phi) is 4.84. The molecule has 0 bridgehead atoms. The van der Waals surface area contributed by atoms with Crippen LogP contribution < -0.4 is 4.74 Å². The zero-order valence-corrected chi connectivity index (χ0v) is 13.7. The number of ether oxygens (including phenoxy) is 1. The van der Waals surface area contributed by atoms with Gasteiger partial charge >= 0.3 is 0 Å². The zero-order chi connectivity index (χ0) is 15.4. The summed E-state index contributed by atoms with van der Waals surface area (Å²) in [6.07, 6.45) is 8.25. The summed E-state index contributed by atoms with van der Waals surface area (Å²) in [5.41, 5.74) is 3.99. The summed E-state index contributed by atoms with van der Waals surface area (Å²) in [7, 11) is 0. The third-order valence-corrected chi connectivity index (χ3v) is 4.43. The van der Waals surface area contributed by atoms with E-state index in [1.807, 2.05) is 13.0 Å². The molecule has 3 nitrogen and oxygen atoms in total. The Labute approximate surface area is 133 Å². The predicted molar refractivity (Wildman–Crippen MR) is 93.4 cm³/mol. The first kappa shape index (κ1) is 15.2. The molecule has 1 N–H and O–H groups in total. The molecule has 0 fully saturated rings. The van der Waals surface area contributed by atoms with E-state index < -0.39 is 0 Å². The Morgan fingerprint density at radius 3 is 2.91 bits per heavy atom. The van der Waals surface area contributed by atoms with Gasteiger partial charge in [-0.15, -0.1) is 0 Å². The lowest BCUT2D eigenvalue weighted by Crippen LogP contribution is -2.29. The normalized spacial score (nSPS) is 16.0. The van der Waals surface area contributed by atoms with E-state index in [1.165, 1.54) is 48.0 Å². The molecule has 2 heterocycles. The lowest BCUT2D eigenvalue weighted by Gasteiger charge is -2.26. The first-order valence-electron chi connectivity index (χ1n) is 8.47. The maximum absolute atomic E-state index is 5.65. The van der Waals surface area contributed by atoms with E-state index in [-0.39, 0.29) is 0 Å². The average molecular weight is 298 g/mol. The van der Waals surface area contributed by atoms with Crippen LogP contribution in [0.4, 0.5) is 0 Å². The van der Waals surface area contributed by atoms with Gasteiger partial charge in [-0.1, -0.05) is 19.4 Å². The second-order valence-corrected chi connectivity index (χ2v) is 5.98. The number of benzene rings is 1. The van der Waals surface area contributed by atoms with Gasteiger partial charge in [0.1, 0.15) is 5.75 Å². The molecule has 2 aromatic rings. The summed E-state index contributed by atoms with van der Waals surface area (Å²) in [5.74, 6) is 0.955. The number of nitrogens with one attached hydrogen (secondary N) is 1. The minimum absolute atomic E-state index is 0.709. The van der Waals surface area contributed by atoms with Gasteiger partial charge in [-0.3, -0.25) is 4.90 Å². The van der Waals surface area contributed by atoms with Gasteiger partial charge in [-0.25, -0.2) is 0 Å². The van der Waals surface area contributed by atoms with Crippen LogP contribution in [0.15, 0.2) is 30.5 Å². The van der Waals surface area contributed by atoms with E-state index in [0.29, 0.717) is 6.61 Å². The molecule has 0 saturated carbocycles. The first-order chi connectivity index (χ1) is 10.8. The maximum Gasteiger partial charge on any atom is 0.120 e. The third kappa shape index (κ3) is 3.20. The predicted octanol–water partition coefficient (Wildman–Crippen LogP) is 4.46. The van der Waals surface area contributed by atoms with Gasteiger partial charge in [-0.05, 0) is 50.1 Å². The number of nitrogens with zero attached hydrogens (tertiary/aromatic N) is 1. The number of aromatic amines is 1. The highest BCUT2D eigenvalue weighted by atomic mass is 16.5. The highest BCUT2D eigenvalue weighted by Crippen LogP contribution is 2.31. The van der Waals surface area contributed by atoms with E-state index in [0.717, 1.165) is 18.7 Å². The van der Waals surface area contributed by atoms with Gasteiger partial charge < -0.3 is 9.72 Å². The van der Waals surface area contributed by atoms with Crippen molar-refractivity contribution in [1.29, 1.82) is 0 Å². The van der Waals surface area contributed by atoms with Crippen LogP contribution >= 0.6 is 0 Å². The highest BCUT2D eigenvalue weighted by molar-refractivity contribution is 5.93. The van der Waals surface area contributed by atoms with E-state index in [9.17, 15) is 0 Å². The largest absolute Gasteiger partial charge is 0.494 e. The number of rotatable bonds is 6. The van der Waals surface area contributed by atoms with Gasteiger partial charge in [-0.2, -0.15) is 0 Å². The molecule has 3 heteroatoms. The molecule has 22 heavy (non-hydrogen) atoms. The molecule has 1 aromatic carbocycles. The van der Waals surface area contributed by atoms with Crippen LogP contribution in [-0.2, 0) is 0 Å². The van der Waals surface area contributed by atoms with Crippen molar-refractivity contribution in [3.05, 3.63) is 36.0 Å². The zero-order valence-electron chi connectivity index (χ0n) is 13.7. The molecule has 0 radical (unpaired) electrons. The third-order valence-electron chi connectivity index (χ3n) is 4.43. The van der Waals surface area contributed by atoms with Crippen molar-refractivity contribution in [2.75, 3.05) is 26.2 Å². The number of fused-ring (bicyclic) bond motifs is 1. The second-order valence-electron chi connectivity index (χ2n) is 5.98. The van der Waals surface area contributed by atoms with Crippen molar-refractivity contribution in [3.63, 3.8) is 0 Å². The molecule has 0 amide bonds. The Hall–Kier alpha value is -1.74. The van der Waals surface area contributed by atoms with Crippen LogP contribution in [0, 0.1) is 0 Å². The lowest BCUT2D eigenvalue weighted by molar-refractivity contribution is 0.297. The van der Waals surface area contributed by atoms with Crippen LogP contribution in [0.5, 0.6) is 5.75 Å². The van der Waals surface area contributed by atoms with Gasteiger partial charge in [0.2, 0.25) is 0 Å². The summed E-state index contributed by atoms with van der Waals surface area (Å²) in [4.78, 5) is 5.94. The SMILES string of the molecule is CCCCN1CC=C(c2c[nH]c3ccc(OCC)cc23)CC1. The van der Waals surface area contributed by atoms with Crippen molar-refractivity contribution in [2.24, 2.45) is 0 Å². The Balaban J connectivity index is 1.81. The van der Waals surface area contributed by atoms with Crippen molar-refractivity contribution in [1.82, 2.24) is 9.88 Å². The molecule has 1 aliphatic rings. The fourth-order valence-electron chi connectivity index (χ4n) is 3.16. The summed E-state index contributed by atoms with van der Waals surface area (Å²) < 4.78 is 5.65. The van der Waals surface area contributed by atoms with E-state index in [1.54, 1.807) is 0 Å². The number of unbranched alkanes of at least 4 members (excludes halogenated alkanes) is 1. The van der Waals surface area contributed by atoms with Crippen LogP contribution in [0.25, 0.3) is 16.5 Å². The van der Waals surface area contributed by atoms with Gasteiger partial charge in [0, 0.05) is 35.8 Å². The van der Waals surface area contributed by atoms with E-state index >= 15 is 0 Å². The molecule has 0 unspecified atom stereocenters. The van der Waals surface area contributed by atoms with Crippen LogP contribution in [0.3, 0.4) is 0 Å². The van der Waals surface area contributed by atoms with E-state index in [4.69, 9.17) is 4.74 Å². The lowest BCUT2D eigenvalue weighted by atomic mass is 9.98. The second kappa shape index (κ2) is 7.01. The molecule has 0 aliphatic carbocycles. The summed E-state index contributed by atoms with van der Waals surface area (Å²) in [6, 6.07) is 6.31. The van der Waals surface area contributed by atoms with Crippen molar-refractivity contribution in [2.45, 2.75) is 33.1 Å². The summed E-state index contributed by atoms with van der Waals surface area (Å²) >= 11 is 0. The molecule has 1 aromatic heterocycles. The van der Waals surface area contributed by atoms with E-state index in [2.05, 4.69) is 41.2 Å². The smallest absolute Gasteiger partial charge is 0.120 e. The fourth-order valence-corrected chi connectivity index (χ4v) is 3.16. The van der Waals surface area contributed by atoms with Gasteiger partial charge in [0.25, 0.3) is 0 Å². The standard InChI is InChI=1S/C19H26N2O/c1-3-5-10-21-11-8-15(9-12-21)18-14-20-19-7-6-16(22-4-2)13-17(18)19/h6-8,13-14,20H,3-5,9-12H2,1-2H3. The first-order valence-corrected chi connectivity index (χ1v) is 8.47. The Morgan fingerprint density at radius 1 is 1.27 bits per heavy atom. The fraction of sp³-hybridized carbons (Fsp3) is 0.474. The Bertz CT molecular complexity index is 656. The van der Waals surface area contributed by atoms with Crippen LogP contribution in [0.1, 0.15) is 38.7 Å². The molecular weight excluding hydrogens is 272 g/mol. The van der Waals surface area contributed by atoms with Gasteiger partial charge in [0.05, 0.1) is 6.61 Å². The minimum Gasteiger partial charge on any atom is -0.494 e. The number of H-pyrrole nitrogens is 1. The summed E-state index contributed by atoms with van der Waals surface area (Å²) in [5, 5.41) is 1.28. The summed E-state index contributed by atoms with van der Waals surface area (Å²) in [6.45, 7) is 8.46. The highest BCUT2D eigenvalue weighted by Gasteiger charge is 2.15. The molecule has 0 saturated heterocycles. The number of aromatic nitrogens is 1. The number of hydrogen-bond donors (Lipinski definition) is 1. The topological polar surface area (TPSA) is 28.3 Å². The van der Waals surface area contributed by atoms with Crippen molar-refractivity contribution < 1.29 is 4.74 Å². The molecule has 0 atom stereocenters. The monoisotopic (exact) mass is 298 g/mol. The molecular formula is C19H26N2O. The molecule has 118 valence electrons. The Morgan fingerprint density at radius 2 is 2.18 bits per heavy atom. The quantitative estimate of drug-likeness (QED) is 0.853. The molecule has 3 rings (SSSR count). The average Bonchev–Trinajstić information content (AvgIpc) is 2.97. The van der Waals surface area contributed by atoms with Crippen molar-refractivity contribution in [3.8, 4) is 5.75 Å². The maximum atomic E-state index is 5.65. The van der Waals surface area contributed by atoms with Gasteiger partial charge in [0.15, 0.2) is 0 Å².